The molecule has 1 atom stereocenters. The SMILES string of the molecule is CC(C)C[C@@H](NC(=O)c1ccc(Cl)cc1[N+](=O)[O-])C(=O)O. The quantitative estimate of drug-likeness (QED) is 0.619. The summed E-state index contributed by atoms with van der Waals surface area (Å²) in [5.41, 5.74) is -0.687. The molecule has 21 heavy (non-hydrogen) atoms. The highest BCUT2D eigenvalue weighted by atomic mass is 35.5. The van der Waals surface area contributed by atoms with Crippen LogP contribution in [0.15, 0.2) is 18.2 Å². The van der Waals surface area contributed by atoms with Gasteiger partial charge in [0.1, 0.15) is 11.6 Å². The number of aliphatic carboxylic acids is 1. The summed E-state index contributed by atoms with van der Waals surface area (Å²) in [6.07, 6.45) is 0.225. The predicted molar refractivity (Wildman–Crippen MR) is 76.5 cm³/mol. The van der Waals surface area contributed by atoms with Gasteiger partial charge in [0.15, 0.2) is 0 Å². The van der Waals surface area contributed by atoms with Crippen molar-refractivity contribution in [1.82, 2.24) is 5.32 Å². The van der Waals surface area contributed by atoms with Crippen LogP contribution >= 0.6 is 11.6 Å². The number of rotatable bonds is 6. The standard InChI is InChI=1S/C13H15ClN2O5/c1-7(2)5-10(13(18)19)15-12(17)9-4-3-8(14)6-11(9)16(20)21/h3-4,6-7,10H,5H2,1-2H3,(H,15,17)(H,18,19)/t10-/m1/s1. The molecule has 0 aromatic heterocycles. The number of carboxylic acids is 1. The molecule has 0 aliphatic carbocycles. The number of hydrogen-bond acceptors (Lipinski definition) is 4. The number of nitro groups is 1. The molecule has 7 nitrogen and oxygen atoms in total. The van der Waals surface area contributed by atoms with E-state index in [2.05, 4.69) is 5.32 Å². The Labute approximate surface area is 126 Å². The lowest BCUT2D eigenvalue weighted by molar-refractivity contribution is -0.385. The summed E-state index contributed by atoms with van der Waals surface area (Å²) >= 11 is 5.66. The molecule has 114 valence electrons. The molecule has 8 heteroatoms. The van der Waals surface area contributed by atoms with Crippen LogP contribution in [0.3, 0.4) is 0 Å². The summed E-state index contributed by atoms with van der Waals surface area (Å²) in [7, 11) is 0. The van der Waals surface area contributed by atoms with Gasteiger partial charge in [-0.05, 0) is 24.5 Å². The van der Waals surface area contributed by atoms with Crippen molar-refractivity contribution in [3.63, 3.8) is 0 Å². The summed E-state index contributed by atoms with van der Waals surface area (Å²) in [6.45, 7) is 3.62. The average Bonchev–Trinajstić information content (AvgIpc) is 2.36. The molecule has 0 bridgehead atoms. The number of halogens is 1. The first kappa shape index (κ1) is 16.9. The topological polar surface area (TPSA) is 110 Å². The highest BCUT2D eigenvalue weighted by Gasteiger charge is 2.26. The van der Waals surface area contributed by atoms with E-state index < -0.39 is 28.5 Å². The van der Waals surface area contributed by atoms with Gasteiger partial charge >= 0.3 is 5.97 Å². The Hall–Kier alpha value is -2.15. The van der Waals surface area contributed by atoms with Gasteiger partial charge in [0, 0.05) is 11.1 Å². The molecular weight excluding hydrogens is 300 g/mol. The molecule has 1 amide bonds. The van der Waals surface area contributed by atoms with E-state index in [0.29, 0.717) is 0 Å². The van der Waals surface area contributed by atoms with Crippen molar-refractivity contribution in [2.45, 2.75) is 26.3 Å². The number of amides is 1. The lowest BCUT2D eigenvalue weighted by Gasteiger charge is -2.16. The Balaban J connectivity index is 3.03. The smallest absolute Gasteiger partial charge is 0.326 e. The largest absolute Gasteiger partial charge is 0.480 e. The number of benzene rings is 1. The van der Waals surface area contributed by atoms with Crippen LogP contribution in [0.25, 0.3) is 0 Å². The van der Waals surface area contributed by atoms with E-state index in [9.17, 15) is 19.7 Å². The summed E-state index contributed by atoms with van der Waals surface area (Å²) in [6, 6.07) is 2.48. The third-order valence-electron chi connectivity index (χ3n) is 2.71. The lowest BCUT2D eigenvalue weighted by atomic mass is 10.0. The highest BCUT2D eigenvalue weighted by molar-refractivity contribution is 6.31. The van der Waals surface area contributed by atoms with Crippen LogP contribution in [0.2, 0.25) is 5.02 Å². The first-order valence-electron chi connectivity index (χ1n) is 6.20. The number of nitrogens with zero attached hydrogens (tertiary/aromatic N) is 1. The Morgan fingerprint density at radius 2 is 2.05 bits per heavy atom. The third-order valence-corrected chi connectivity index (χ3v) is 2.95. The van der Waals surface area contributed by atoms with Gasteiger partial charge in [-0.15, -0.1) is 0 Å². The first-order valence-corrected chi connectivity index (χ1v) is 6.57. The average molecular weight is 315 g/mol. The second-order valence-corrected chi connectivity index (χ2v) is 5.35. The minimum absolute atomic E-state index is 0.0478. The van der Waals surface area contributed by atoms with Crippen LogP contribution in [0.1, 0.15) is 30.6 Å². The van der Waals surface area contributed by atoms with E-state index >= 15 is 0 Å². The number of nitrogens with one attached hydrogen (secondary N) is 1. The van der Waals surface area contributed by atoms with Gasteiger partial charge < -0.3 is 10.4 Å². The molecule has 1 aromatic rings. The fourth-order valence-corrected chi connectivity index (χ4v) is 1.94. The zero-order chi connectivity index (χ0) is 16.2. The molecule has 1 aromatic carbocycles. The van der Waals surface area contributed by atoms with E-state index in [-0.39, 0.29) is 22.9 Å². The summed E-state index contributed by atoms with van der Waals surface area (Å²) in [5.74, 6) is -1.95. The molecular formula is C13H15ClN2O5. The molecule has 0 fully saturated rings. The lowest BCUT2D eigenvalue weighted by Crippen LogP contribution is -2.41. The van der Waals surface area contributed by atoms with Crippen molar-refractivity contribution >= 4 is 29.2 Å². The second-order valence-electron chi connectivity index (χ2n) is 4.91. The molecule has 0 saturated carbocycles. The van der Waals surface area contributed by atoms with E-state index in [1.807, 2.05) is 13.8 Å². The van der Waals surface area contributed by atoms with Crippen LogP contribution in [0, 0.1) is 16.0 Å². The van der Waals surface area contributed by atoms with Crippen molar-refractivity contribution < 1.29 is 19.6 Å². The van der Waals surface area contributed by atoms with Crippen LogP contribution in [0.5, 0.6) is 0 Å². The molecule has 2 N–H and O–H groups in total. The maximum atomic E-state index is 12.1. The van der Waals surface area contributed by atoms with Crippen molar-refractivity contribution in [1.29, 1.82) is 0 Å². The predicted octanol–water partition coefficient (Wildman–Crippen LogP) is 2.48. The highest BCUT2D eigenvalue weighted by Crippen LogP contribution is 2.23. The molecule has 0 heterocycles. The summed E-state index contributed by atoms with van der Waals surface area (Å²) in [4.78, 5) is 33.3. The Kier molecular flexibility index (Phi) is 5.66. The van der Waals surface area contributed by atoms with Crippen molar-refractivity contribution in [3.05, 3.63) is 38.9 Å². The number of nitro benzene ring substituents is 1. The van der Waals surface area contributed by atoms with E-state index in [1.54, 1.807) is 0 Å². The zero-order valence-corrected chi connectivity index (χ0v) is 12.3. The Morgan fingerprint density at radius 3 is 2.52 bits per heavy atom. The molecule has 0 unspecified atom stereocenters. The maximum absolute atomic E-state index is 12.1. The van der Waals surface area contributed by atoms with E-state index in [1.165, 1.54) is 12.1 Å². The first-order chi connectivity index (χ1) is 9.72. The van der Waals surface area contributed by atoms with Crippen molar-refractivity contribution in [2.24, 2.45) is 5.92 Å². The third kappa shape index (κ3) is 4.71. The van der Waals surface area contributed by atoms with Gasteiger partial charge in [-0.25, -0.2) is 4.79 Å². The van der Waals surface area contributed by atoms with E-state index in [0.717, 1.165) is 6.07 Å². The number of hydrogen-bond donors (Lipinski definition) is 2. The molecule has 1 rings (SSSR count). The second kappa shape index (κ2) is 7.03. The molecule has 0 aliphatic rings. The number of carbonyl (C=O) groups excluding carboxylic acids is 1. The summed E-state index contributed by atoms with van der Waals surface area (Å²) < 4.78 is 0. The maximum Gasteiger partial charge on any atom is 0.326 e. The monoisotopic (exact) mass is 314 g/mol. The van der Waals surface area contributed by atoms with Gasteiger partial charge in [0.25, 0.3) is 11.6 Å². The summed E-state index contributed by atoms with van der Waals surface area (Å²) in [5, 5.41) is 22.4. The van der Waals surface area contributed by atoms with E-state index in [4.69, 9.17) is 16.7 Å². The Morgan fingerprint density at radius 1 is 1.43 bits per heavy atom. The van der Waals surface area contributed by atoms with Crippen molar-refractivity contribution in [3.8, 4) is 0 Å². The fraction of sp³-hybridized carbons (Fsp3) is 0.385. The Bertz CT molecular complexity index is 574. The van der Waals surface area contributed by atoms with Gasteiger partial charge in [-0.1, -0.05) is 25.4 Å². The molecule has 0 aliphatic heterocycles. The minimum atomic E-state index is -1.19. The van der Waals surface area contributed by atoms with Crippen LogP contribution in [0.4, 0.5) is 5.69 Å². The van der Waals surface area contributed by atoms with Gasteiger partial charge in [-0.3, -0.25) is 14.9 Å². The van der Waals surface area contributed by atoms with Gasteiger partial charge in [-0.2, -0.15) is 0 Å². The number of carboxylic acid groups (broad SMARTS) is 1. The molecule has 0 saturated heterocycles. The van der Waals surface area contributed by atoms with Crippen LogP contribution in [-0.2, 0) is 4.79 Å². The van der Waals surface area contributed by atoms with Crippen LogP contribution in [-0.4, -0.2) is 27.9 Å². The van der Waals surface area contributed by atoms with Crippen molar-refractivity contribution in [2.75, 3.05) is 0 Å². The van der Waals surface area contributed by atoms with Gasteiger partial charge in [0.2, 0.25) is 0 Å². The zero-order valence-electron chi connectivity index (χ0n) is 11.5. The molecule has 0 radical (unpaired) electrons. The van der Waals surface area contributed by atoms with Gasteiger partial charge in [0.05, 0.1) is 4.92 Å². The minimum Gasteiger partial charge on any atom is -0.480 e. The van der Waals surface area contributed by atoms with Crippen LogP contribution < -0.4 is 5.32 Å². The normalized spacial score (nSPS) is 12.0. The number of carbonyl (C=O) groups is 2. The fourth-order valence-electron chi connectivity index (χ4n) is 1.78. The molecule has 0 spiro atoms.